The molecule has 4 heteroatoms. The molecular formula is C20H17ClN2O. The van der Waals surface area contributed by atoms with Crippen LogP contribution in [0.5, 0.6) is 0 Å². The summed E-state index contributed by atoms with van der Waals surface area (Å²) in [4.78, 5) is 16.6. The topological polar surface area (TPSA) is 42.0 Å². The molecule has 0 saturated heterocycles. The number of aromatic nitrogens is 1. The number of benzene rings is 2. The Morgan fingerprint density at radius 3 is 2.25 bits per heavy atom. The number of amides is 1. The Labute approximate surface area is 146 Å². The lowest BCUT2D eigenvalue weighted by Gasteiger charge is -2.20. The van der Waals surface area contributed by atoms with Crippen LogP contribution in [0.2, 0.25) is 5.15 Å². The molecule has 0 aliphatic rings. The molecule has 1 heterocycles. The van der Waals surface area contributed by atoms with Crippen molar-refractivity contribution in [3.8, 4) is 0 Å². The predicted molar refractivity (Wildman–Crippen MR) is 96.2 cm³/mol. The number of rotatable bonds is 4. The zero-order valence-corrected chi connectivity index (χ0v) is 14.0. The fourth-order valence-corrected chi connectivity index (χ4v) is 2.60. The summed E-state index contributed by atoms with van der Waals surface area (Å²) in [5, 5.41) is 3.45. The Bertz CT molecular complexity index is 815. The molecule has 120 valence electrons. The number of hydrogen-bond donors (Lipinski definition) is 1. The van der Waals surface area contributed by atoms with Gasteiger partial charge in [0.1, 0.15) is 5.15 Å². The van der Waals surface area contributed by atoms with Gasteiger partial charge in [0.15, 0.2) is 0 Å². The SMILES string of the molecule is Cc1ccc(C(NC(=O)c2ccc(Cl)nc2)c2ccccc2)cc1. The maximum absolute atomic E-state index is 12.6. The summed E-state index contributed by atoms with van der Waals surface area (Å²) < 4.78 is 0. The highest BCUT2D eigenvalue weighted by Crippen LogP contribution is 2.23. The second-order valence-electron chi connectivity index (χ2n) is 5.60. The zero-order valence-electron chi connectivity index (χ0n) is 13.2. The molecule has 0 spiro atoms. The number of hydrogen-bond acceptors (Lipinski definition) is 2. The molecule has 3 aromatic rings. The van der Waals surface area contributed by atoms with Crippen molar-refractivity contribution in [3.05, 3.63) is 100 Å². The number of carbonyl (C=O) groups excluding carboxylic acids is 1. The molecule has 0 radical (unpaired) electrons. The first kappa shape index (κ1) is 16.2. The van der Waals surface area contributed by atoms with Gasteiger partial charge >= 0.3 is 0 Å². The van der Waals surface area contributed by atoms with Gasteiger partial charge in [-0.15, -0.1) is 0 Å². The van der Waals surface area contributed by atoms with Gasteiger partial charge < -0.3 is 5.32 Å². The predicted octanol–water partition coefficient (Wildman–Crippen LogP) is 4.56. The van der Waals surface area contributed by atoms with Crippen molar-refractivity contribution in [3.63, 3.8) is 0 Å². The summed E-state index contributed by atoms with van der Waals surface area (Å²) in [7, 11) is 0. The fraction of sp³-hybridized carbons (Fsp3) is 0.100. The van der Waals surface area contributed by atoms with E-state index in [2.05, 4.69) is 10.3 Å². The lowest BCUT2D eigenvalue weighted by molar-refractivity contribution is 0.0942. The first-order valence-corrected chi connectivity index (χ1v) is 8.05. The Kier molecular flexibility index (Phi) is 4.92. The minimum Gasteiger partial charge on any atom is -0.341 e. The van der Waals surface area contributed by atoms with E-state index < -0.39 is 0 Å². The lowest BCUT2D eigenvalue weighted by atomic mass is 9.97. The van der Waals surface area contributed by atoms with E-state index in [1.807, 2.05) is 61.5 Å². The molecule has 24 heavy (non-hydrogen) atoms. The zero-order chi connectivity index (χ0) is 16.9. The standard InChI is InChI=1S/C20H17ClN2O/c1-14-7-9-16(10-8-14)19(15-5-3-2-4-6-15)23-20(24)17-11-12-18(21)22-13-17/h2-13,19H,1H3,(H,23,24). The van der Waals surface area contributed by atoms with Crippen LogP contribution in [-0.4, -0.2) is 10.9 Å². The molecule has 0 saturated carbocycles. The van der Waals surface area contributed by atoms with Crippen molar-refractivity contribution < 1.29 is 4.79 Å². The van der Waals surface area contributed by atoms with Crippen molar-refractivity contribution in [2.45, 2.75) is 13.0 Å². The normalized spacial score (nSPS) is 11.8. The van der Waals surface area contributed by atoms with Gasteiger partial charge in [-0.1, -0.05) is 71.8 Å². The van der Waals surface area contributed by atoms with Crippen LogP contribution in [0.4, 0.5) is 0 Å². The first-order chi connectivity index (χ1) is 11.6. The Balaban J connectivity index is 1.91. The van der Waals surface area contributed by atoms with Crippen LogP contribution in [-0.2, 0) is 0 Å². The van der Waals surface area contributed by atoms with E-state index in [1.165, 1.54) is 11.8 Å². The molecule has 1 amide bonds. The summed E-state index contributed by atoms with van der Waals surface area (Å²) in [6, 6.07) is 21.1. The van der Waals surface area contributed by atoms with E-state index in [9.17, 15) is 4.79 Å². The smallest absolute Gasteiger partial charge is 0.253 e. The highest BCUT2D eigenvalue weighted by molar-refractivity contribution is 6.29. The molecule has 1 atom stereocenters. The molecule has 0 aliphatic carbocycles. The van der Waals surface area contributed by atoms with Crippen LogP contribution in [0.1, 0.15) is 33.1 Å². The maximum Gasteiger partial charge on any atom is 0.253 e. The van der Waals surface area contributed by atoms with Crippen molar-refractivity contribution in [1.82, 2.24) is 10.3 Å². The quantitative estimate of drug-likeness (QED) is 0.709. The molecule has 3 nitrogen and oxygen atoms in total. The molecule has 1 N–H and O–H groups in total. The first-order valence-electron chi connectivity index (χ1n) is 7.67. The molecule has 2 aromatic carbocycles. The third kappa shape index (κ3) is 3.81. The van der Waals surface area contributed by atoms with Gasteiger partial charge in [-0.3, -0.25) is 4.79 Å². The van der Waals surface area contributed by atoms with Crippen molar-refractivity contribution >= 4 is 17.5 Å². The van der Waals surface area contributed by atoms with Gasteiger partial charge in [0, 0.05) is 6.20 Å². The second-order valence-corrected chi connectivity index (χ2v) is 5.98. The summed E-state index contributed by atoms with van der Waals surface area (Å²) in [6.45, 7) is 2.04. The Morgan fingerprint density at radius 2 is 1.62 bits per heavy atom. The summed E-state index contributed by atoms with van der Waals surface area (Å²) in [5.74, 6) is -0.186. The molecule has 0 fully saturated rings. The molecule has 0 bridgehead atoms. The fourth-order valence-electron chi connectivity index (χ4n) is 2.49. The van der Waals surface area contributed by atoms with Gasteiger partial charge in [0.05, 0.1) is 11.6 Å². The third-order valence-electron chi connectivity index (χ3n) is 3.81. The van der Waals surface area contributed by atoms with Crippen LogP contribution < -0.4 is 5.32 Å². The minimum atomic E-state index is -0.227. The lowest BCUT2D eigenvalue weighted by Crippen LogP contribution is -2.29. The van der Waals surface area contributed by atoms with Gasteiger partial charge in [0.25, 0.3) is 5.91 Å². The van der Waals surface area contributed by atoms with E-state index in [0.717, 1.165) is 11.1 Å². The third-order valence-corrected chi connectivity index (χ3v) is 4.03. The summed E-state index contributed by atoms with van der Waals surface area (Å²) in [6.07, 6.45) is 1.48. The summed E-state index contributed by atoms with van der Waals surface area (Å²) in [5.41, 5.74) is 3.71. The Morgan fingerprint density at radius 1 is 0.958 bits per heavy atom. The average molecular weight is 337 g/mol. The summed E-state index contributed by atoms with van der Waals surface area (Å²) >= 11 is 5.79. The van der Waals surface area contributed by atoms with E-state index in [4.69, 9.17) is 11.6 Å². The monoisotopic (exact) mass is 336 g/mol. The van der Waals surface area contributed by atoms with Gasteiger partial charge in [-0.05, 0) is 30.2 Å². The van der Waals surface area contributed by atoms with Crippen LogP contribution in [0.25, 0.3) is 0 Å². The molecular weight excluding hydrogens is 320 g/mol. The minimum absolute atomic E-state index is 0.186. The van der Waals surface area contributed by atoms with E-state index >= 15 is 0 Å². The van der Waals surface area contributed by atoms with Crippen molar-refractivity contribution in [2.24, 2.45) is 0 Å². The molecule has 1 aromatic heterocycles. The number of nitrogens with one attached hydrogen (secondary N) is 1. The number of pyridine rings is 1. The largest absolute Gasteiger partial charge is 0.341 e. The van der Waals surface area contributed by atoms with Crippen LogP contribution >= 0.6 is 11.6 Å². The van der Waals surface area contributed by atoms with Crippen LogP contribution in [0, 0.1) is 6.92 Å². The highest BCUT2D eigenvalue weighted by atomic mass is 35.5. The second kappa shape index (κ2) is 7.28. The van der Waals surface area contributed by atoms with Crippen molar-refractivity contribution in [1.29, 1.82) is 0 Å². The molecule has 0 aliphatic heterocycles. The maximum atomic E-state index is 12.6. The highest BCUT2D eigenvalue weighted by Gasteiger charge is 2.17. The van der Waals surface area contributed by atoms with Crippen molar-refractivity contribution in [2.75, 3.05) is 0 Å². The van der Waals surface area contributed by atoms with Gasteiger partial charge in [-0.25, -0.2) is 4.98 Å². The van der Waals surface area contributed by atoms with E-state index in [0.29, 0.717) is 10.7 Å². The molecule has 3 rings (SSSR count). The van der Waals surface area contributed by atoms with Gasteiger partial charge in [-0.2, -0.15) is 0 Å². The van der Waals surface area contributed by atoms with E-state index in [-0.39, 0.29) is 11.9 Å². The van der Waals surface area contributed by atoms with E-state index in [1.54, 1.807) is 12.1 Å². The average Bonchev–Trinajstić information content (AvgIpc) is 2.62. The van der Waals surface area contributed by atoms with Crippen LogP contribution in [0.3, 0.4) is 0 Å². The van der Waals surface area contributed by atoms with Crippen LogP contribution in [0.15, 0.2) is 72.9 Å². The Hall–Kier alpha value is -2.65. The number of carbonyl (C=O) groups is 1. The number of halogens is 1. The molecule has 1 unspecified atom stereocenters. The number of nitrogens with zero attached hydrogens (tertiary/aromatic N) is 1. The van der Waals surface area contributed by atoms with Gasteiger partial charge in [0.2, 0.25) is 0 Å². The number of aryl methyl sites for hydroxylation is 1.